The highest BCUT2D eigenvalue weighted by atomic mass is 16.4. The third-order valence-corrected chi connectivity index (χ3v) is 0.935. The van der Waals surface area contributed by atoms with E-state index in [0.717, 1.165) is 0 Å². The van der Waals surface area contributed by atoms with Crippen molar-refractivity contribution in [1.29, 1.82) is 0 Å². The summed E-state index contributed by atoms with van der Waals surface area (Å²) in [5.74, 6) is -1.40. The van der Waals surface area contributed by atoms with E-state index in [1.165, 1.54) is 12.2 Å². The number of aliphatic carboxylic acids is 1. The van der Waals surface area contributed by atoms with E-state index in [2.05, 4.69) is 0 Å². The standard InChI is InChI=1S/C4H3NO2.C3H6O2/c6-3-1-2-4(7)5-3;1-2-3(4)5/h1-2H,(H,5,6,7);2H2,1H3,(H,4,5). The molecule has 0 aromatic carbocycles. The van der Waals surface area contributed by atoms with E-state index in [4.69, 9.17) is 5.11 Å². The predicted molar refractivity (Wildman–Crippen MR) is 40.2 cm³/mol. The first-order chi connectivity index (χ1) is 5.56. The maximum atomic E-state index is 10.0. The summed E-state index contributed by atoms with van der Waals surface area (Å²) in [6.45, 7) is 1.60. The SMILES string of the molecule is CCC(=O)O.O=C1C=CC(=O)N1. The highest BCUT2D eigenvalue weighted by molar-refractivity contribution is 6.12. The molecule has 12 heavy (non-hydrogen) atoms. The second-order valence-corrected chi connectivity index (χ2v) is 1.93. The van der Waals surface area contributed by atoms with Crippen molar-refractivity contribution < 1.29 is 19.5 Å². The zero-order chi connectivity index (χ0) is 9.56. The molecule has 2 N–H and O–H groups in total. The van der Waals surface area contributed by atoms with E-state index < -0.39 is 5.97 Å². The molecule has 0 unspecified atom stereocenters. The number of amides is 2. The van der Waals surface area contributed by atoms with Gasteiger partial charge in [0.25, 0.3) is 11.8 Å². The van der Waals surface area contributed by atoms with Gasteiger partial charge in [-0.3, -0.25) is 19.7 Å². The van der Waals surface area contributed by atoms with Gasteiger partial charge in [-0.15, -0.1) is 0 Å². The Morgan fingerprint density at radius 2 is 1.75 bits per heavy atom. The molecular weight excluding hydrogens is 162 g/mol. The smallest absolute Gasteiger partial charge is 0.303 e. The number of carbonyl (C=O) groups excluding carboxylic acids is 2. The molecule has 66 valence electrons. The summed E-state index contributed by atoms with van der Waals surface area (Å²) in [6.07, 6.45) is 2.62. The summed E-state index contributed by atoms with van der Waals surface area (Å²) >= 11 is 0. The molecule has 0 aliphatic carbocycles. The minimum atomic E-state index is -0.745. The molecular formula is C7H9NO4. The Morgan fingerprint density at radius 3 is 1.83 bits per heavy atom. The van der Waals surface area contributed by atoms with Gasteiger partial charge in [0.1, 0.15) is 0 Å². The number of carbonyl (C=O) groups is 3. The van der Waals surface area contributed by atoms with Gasteiger partial charge in [0.15, 0.2) is 0 Å². The van der Waals surface area contributed by atoms with Crippen LogP contribution in [-0.2, 0) is 14.4 Å². The van der Waals surface area contributed by atoms with E-state index in [-0.39, 0.29) is 18.2 Å². The van der Waals surface area contributed by atoms with Crippen molar-refractivity contribution in [2.45, 2.75) is 13.3 Å². The van der Waals surface area contributed by atoms with Crippen LogP contribution >= 0.6 is 0 Å². The van der Waals surface area contributed by atoms with Crippen LogP contribution in [0.25, 0.3) is 0 Å². The Bertz CT molecular complexity index is 216. The van der Waals surface area contributed by atoms with Crippen LogP contribution in [-0.4, -0.2) is 22.9 Å². The molecule has 0 saturated heterocycles. The number of imide groups is 1. The normalized spacial score (nSPS) is 13.4. The fourth-order valence-corrected chi connectivity index (χ4v) is 0.356. The summed E-state index contributed by atoms with van der Waals surface area (Å²) in [7, 11) is 0. The van der Waals surface area contributed by atoms with Crippen molar-refractivity contribution in [2.24, 2.45) is 0 Å². The van der Waals surface area contributed by atoms with Crippen molar-refractivity contribution in [2.75, 3.05) is 0 Å². The maximum absolute atomic E-state index is 10.0. The summed E-state index contributed by atoms with van der Waals surface area (Å²) in [5.41, 5.74) is 0. The van der Waals surface area contributed by atoms with Crippen LogP contribution in [0.5, 0.6) is 0 Å². The molecule has 0 saturated carbocycles. The molecule has 0 atom stereocenters. The lowest BCUT2D eigenvalue weighted by molar-refractivity contribution is -0.136. The Labute approximate surface area is 69.1 Å². The van der Waals surface area contributed by atoms with E-state index >= 15 is 0 Å². The minimum absolute atomic E-state index is 0.222. The average Bonchev–Trinajstić information content (AvgIpc) is 2.36. The van der Waals surface area contributed by atoms with Gasteiger partial charge in [-0.25, -0.2) is 0 Å². The summed E-state index contributed by atoms with van der Waals surface area (Å²) in [4.78, 5) is 29.4. The molecule has 0 spiro atoms. The molecule has 1 aliphatic heterocycles. The molecule has 0 radical (unpaired) electrons. The summed E-state index contributed by atoms with van der Waals surface area (Å²) in [5, 5.41) is 9.75. The molecule has 5 nitrogen and oxygen atoms in total. The zero-order valence-electron chi connectivity index (χ0n) is 6.53. The number of carboxylic acids is 1. The van der Waals surface area contributed by atoms with Crippen LogP contribution in [0.2, 0.25) is 0 Å². The van der Waals surface area contributed by atoms with E-state index in [9.17, 15) is 14.4 Å². The van der Waals surface area contributed by atoms with Crippen LogP contribution in [0.4, 0.5) is 0 Å². The van der Waals surface area contributed by atoms with Crippen molar-refractivity contribution >= 4 is 17.8 Å². The monoisotopic (exact) mass is 171 g/mol. The van der Waals surface area contributed by atoms with Crippen molar-refractivity contribution in [3.8, 4) is 0 Å². The number of hydrogen-bond donors (Lipinski definition) is 2. The average molecular weight is 171 g/mol. The third kappa shape index (κ3) is 5.16. The largest absolute Gasteiger partial charge is 0.481 e. The quantitative estimate of drug-likeness (QED) is 0.529. The Hall–Kier alpha value is -1.65. The lowest BCUT2D eigenvalue weighted by Crippen LogP contribution is -2.19. The van der Waals surface area contributed by atoms with Gasteiger partial charge in [0.2, 0.25) is 0 Å². The number of hydrogen-bond acceptors (Lipinski definition) is 3. The molecule has 1 aliphatic rings. The molecule has 2 amide bonds. The second-order valence-electron chi connectivity index (χ2n) is 1.93. The van der Waals surface area contributed by atoms with E-state index in [1.807, 2.05) is 5.32 Å². The van der Waals surface area contributed by atoms with Gasteiger partial charge in [-0.1, -0.05) is 6.92 Å². The zero-order valence-corrected chi connectivity index (χ0v) is 6.53. The van der Waals surface area contributed by atoms with Crippen LogP contribution < -0.4 is 5.32 Å². The predicted octanol–water partition coefficient (Wildman–Crippen LogP) is -0.320. The first kappa shape index (κ1) is 10.3. The highest BCUT2D eigenvalue weighted by Crippen LogP contribution is 1.82. The van der Waals surface area contributed by atoms with Gasteiger partial charge in [-0.05, 0) is 0 Å². The molecule has 5 heteroatoms. The van der Waals surface area contributed by atoms with Crippen LogP contribution in [0.15, 0.2) is 12.2 Å². The fourth-order valence-electron chi connectivity index (χ4n) is 0.356. The van der Waals surface area contributed by atoms with Gasteiger partial charge in [0, 0.05) is 18.6 Å². The molecule has 0 fully saturated rings. The van der Waals surface area contributed by atoms with Crippen LogP contribution in [0.1, 0.15) is 13.3 Å². The molecule has 1 rings (SSSR count). The Morgan fingerprint density at radius 1 is 1.42 bits per heavy atom. The van der Waals surface area contributed by atoms with Crippen LogP contribution in [0, 0.1) is 0 Å². The lowest BCUT2D eigenvalue weighted by Gasteiger charge is -1.80. The maximum Gasteiger partial charge on any atom is 0.303 e. The fraction of sp³-hybridized carbons (Fsp3) is 0.286. The van der Waals surface area contributed by atoms with Gasteiger partial charge >= 0.3 is 5.97 Å². The van der Waals surface area contributed by atoms with E-state index in [0.29, 0.717) is 0 Å². The van der Waals surface area contributed by atoms with Crippen molar-refractivity contribution in [1.82, 2.24) is 5.32 Å². The number of nitrogens with one attached hydrogen (secondary N) is 1. The first-order valence-electron chi connectivity index (χ1n) is 3.31. The first-order valence-corrected chi connectivity index (χ1v) is 3.31. The van der Waals surface area contributed by atoms with Gasteiger partial charge < -0.3 is 5.11 Å². The highest BCUT2D eigenvalue weighted by Gasteiger charge is 2.06. The van der Waals surface area contributed by atoms with Crippen molar-refractivity contribution in [3.05, 3.63) is 12.2 Å². The molecule has 0 aromatic rings. The summed E-state index contributed by atoms with van der Waals surface area (Å²) < 4.78 is 0. The number of rotatable bonds is 1. The Balaban J connectivity index is 0.000000217. The summed E-state index contributed by atoms with van der Waals surface area (Å²) in [6, 6.07) is 0. The second kappa shape index (κ2) is 5.06. The molecule has 0 aromatic heterocycles. The Kier molecular flexibility index (Phi) is 4.36. The van der Waals surface area contributed by atoms with Crippen molar-refractivity contribution in [3.63, 3.8) is 0 Å². The minimum Gasteiger partial charge on any atom is -0.481 e. The molecule has 0 bridgehead atoms. The lowest BCUT2D eigenvalue weighted by atomic mass is 10.5. The third-order valence-electron chi connectivity index (χ3n) is 0.935. The van der Waals surface area contributed by atoms with Gasteiger partial charge in [-0.2, -0.15) is 0 Å². The van der Waals surface area contributed by atoms with E-state index in [1.54, 1.807) is 6.92 Å². The molecule has 1 heterocycles. The van der Waals surface area contributed by atoms with Gasteiger partial charge in [0.05, 0.1) is 0 Å². The topological polar surface area (TPSA) is 83.5 Å². The number of carboxylic acid groups (broad SMARTS) is 1. The van der Waals surface area contributed by atoms with Crippen LogP contribution in [0.3, 0.4) is 0 Å².